The van der Waals surface area contributed by atoms with Crippen LogP contribution in [0.2, 0.25) is 0 Å². The summed E-state index contributed by atoms with van der Waals surface area (Å²) in [5.74, 6) is 0.552. The van der Waals surface area contributed by atoms with Crippen LogP contribution in [0.4, 0.5) is 0 Å². The highest BCUT2D eigenvalue weighted by molar-refractivity contribution is 9.10. The molecule has 2 aromatic rings. The fourth-order valence-corrected chi connectivity index (χ4v) is 3.06. The lowest BCUT2D eigenvalue weighted by Gasteiger charge is -2.10. The van der Waals surface area contributed by atoms with E-state index in [2.05, 4.69) is 20.9 Å². The Bertz CT molecular complexity index is 611. The molecule has 0 bridgehead atoms. The molecule has 0 unspecified atom stereocenters. The Labute approximate surface area is 108 Å². The van der Waals surface area contributed by atoms with E-state index in [9.17, 15) is 4.79 Å². The monoisotopic (exact) mass is 291 g/mol. The molecule has 1 aliphatic rings. The summed E-state index contributed by atoms with van der Waals surface area (Å²) in [6, 6.07) is 7.60. The second-order valence-electron chi connectivity index (χ2n) is 4.76. The van der Waals surface area contributed by atoms with Crippen molar-refractivity contribution in [1.82, 2.24) is 4.98 Å². The van der Waals surface area contributed by atoms with Gasteiger partial charge in [-0.2, -0.15) is 0 Å². The van der Waals surface area contributed by atoms with Crippen LogP contribution < -0.4 is 5.43 Å². The van der Waals surface area contributed by atoms with Crippen LogP contribution in [0.5, 0.6) is 0 Å². The van der Waals surface area contributed by atoms with Crippen molar-refractivity contribution in [3.05, 3.63) is 44.7 Å². The van der Waals surface area contributed by atoms with Crippen molar-refractivity contribution in [2.45, 2.75) is 31.6 Å². The maximum Gasteiger partial charge on any atom is 0.189 e. The Morgan fingerprint density at radius 2 is 1.94 bits per heavy atom. The van der Waals surface area contributed by atoms with Gasteiger partial charge in [-0.05, 0) is 37.0 Å². The molecule has 0 saturated heterocycles. The first kappa shape index (κ1) is 11.0. The quantitative estimate of drug-likeness (QED) is 0.848. The third kappa shape index (κ3) is 2.04. The minimum Gasteiger partial charge on any atom is -0.358 e. The van der Waals surface area contributed by atoms with Gasteiger partial charge in [0.05, 0.1) is 0 Å². The van der Waals surface area contributed by atoms with Crippen molar-refractivity contribution in [1.29, 1.82) is 0 Å². The Balaban J connectivity index is 2.17. The smallest absolute Gasteiger partial charge is 0.189 e. The Morgan fingerprint density at radius 3 is 2.71 bits per heavy atom. The van der Waals surface area contributed by atoms with Gasteiger partial charge in [-0.15, -0.1) is 0 Å². The highest BCUT2D eigenvalue weighted by Gasteiger charge is 2.18. The first-order valence-electron chi connectivity index (χ1n) is 6.06. The lowest BCUT2D eigenvalue weighted by molar-refractivity contribution is 0.700. The molecule has 1 heterocycles. The van der Waals surface area contributed by atoms with Crippen molar-refractivity contribution >= 4 is 26.8 Å². The molecule has 0 spiro atoms. The Kier molecular flexibility index (Phi) is 2.79. The zero-order chi connectivity index (χ0) is 11.8. The molecule has 1 aromatic carbocycles. The van der Waals surface area contributed by atoms with E-state index in [1.165, 1.54) is 25.7 Å². The van der Waals surface area contributed by atoms with Crippen molar-refractivity contribution in [2.24, 2.45) is 0 Å². The third-order valence-electron chi connectivity index (χ3n) is 3.61. The van der Waals surface area contributed by atoms with Crippen LogP contribution in [-0.4, -0.2) is 4.98 Å². The van der Waals surface area contributed by atoms with E-state index in [4.69, 9.17) is 0 Å². The topological polar surface area (TPSA) is 32.9 Å². The SMILES string of the molecule is O=c1cc(C2CCCC2)[nH]c2ccc(Br)cc12. The summed E-state index contributed by atoms with van der Waals surface area (Å²) in [6.45, 7) is 0. The van der Waals surface area contributed by atoms with Crippen molar-refractivity contribution in [3.63, 3.8) is 0 Å². The second kappa shape index (κ2) is 4.30. The first-order valence-corrected chi connectivity index (χ1v) is 6.86. The molecule has 0 aliphatic heterocycles. The van der Waals surface area contributed by atoms with E-state index in [0.717, 1.165) is 21.1 Å². The standard InChI is InChI=1S/C14H14BrNO/c15-10-5-6-12-11(7-10)14(17)8-13(16-12)9-3-1-2-4-9/h5-9H,1-4H2,(H,16,17). The number of H-pyrrole nitrogens is 1. The van der Waals surface area contributed by atoms with Crippen LogP contribution in [-0.2, 0) is 0 Å². The summed E-state index contributed by atoms with van der Waals surface area (Å²) in [4.78, 5) is 15.5. The average molecular weight is 292 g/mol. The predicted octanol–water partition coefficient (Wildman–Crippen LogP) is 3.95. The van der Waals surface area contributed by atoms with Gasteiger partial charge in [-0.1, -0.05) is 28.8 Å². The minimum atomic E-state index is 0.127. The highest BCUT2D eigenvalue weighted by Crippen LogP contribution is 2.33. The molecular weight excluding hydrogens is 278 g/mol. The van der Waals surface area contributed by atoms with Gasteiger partial charge in [0.15, 0.2) is 5.43 Å². The van der Waals surface area contributed by atoms with Gasteiger partial charge < -0.3 is 4.98 Å². The number of nitrogens with one attached hydrogen (secondary N) is 1. The van der Waals surface area contributed by atoms with Gasteiger partial charge in [-0.25, -0.2) is 0 Å². The number of benzene rings is 1. The van der Waals surface area contributed by atoms with Gasteiger partial charge in [0.25, 0.3) is 0 Å². The molecule has 0 radical (unpaired) electrons. The lowest BCUT2D eigenvalue weighted by atomic mass is 10.0. The van der Waals surface area contributed by atoms with Crippen molar-refractivity contribution < 1.29 is 0 Å². The van der Waals surface area contributed by atoms with E-state index < -0.39 is 0 Å². The lowest BCUT2D eigenvalue weighted by Crippen LogP contribution is -2.07. The second-order valence-corrected chi connectivity index (χ2v) is 5.68. The van der Waals surface area contributed by atoms with E-state index in [0.29, 0.717) is 5.92 Å². The fourth-order valence-electron chi connectivity index (χ4n) is 2.70. The molecule has 1 aliphatic carbocycles. The van der Waals surface area contributed by atoms with E-state index in [-0.39, 0.29) is 5.43 Å². The summed E-state index contributed by atoms with van der Waals surface area (Å²) < 4.78 is 0.948. The number of halogens is 1. The number of hydrogen-bond acceptors (Lipinski definition) is 1. The van der Waals surface area contributed by atoms with E-state index in [1.807, 2.05) is 18.2 Å². The summed E-state index contributed by atoms with van der Waals surface area (Å²) in [5.41, 5.74) is 2.19. The number of hydrogen-bond donors (Lipinski definition) is 1. The Hall–Kier alpha value is -1.09. The van der Waals surface area contributed by atoms with Gasteiger partial charge >= 0.3 is 0 Å². The maximum absolute atomic E-state index is 12.1. The van der Waals surface area contributed by atoms with Gasteiger partial charge in [-0.3, -0.25) is 4.79 Å². The average Bonchev–Trinajstić information content (AvgIpc) is 2.83. The van der Waals surface area contributed by atoms with Gasteiger partial charge in [0.1, 0.15) is 0 Å². The number of aromatic nitrogens is 1. The van der Waals surface area contributed by atoms with Crippen molar-refractivity contribution in [3.8, 4) is 0 Å². The van der Waals surface area contributed by atoms with Gasteiger partial charge in [0.2, 0.25) is 0 Å². The van der Waals surface area contributed by atoms with E-state index in [1.54, 1.807) is 6.07 Å². The first-order chi connectivity index (χ1) is 8.24. The molecule has 0 atom stereocenters. The molecule has 1 N–H and O–H groups in total. The number of aromatic amines is 1. The predicted molar refractivity (Wildman–Crippen MR) is 73.5 cm³/mol. The van der Waals surface area contributed by atoms with Crippen molar-refractivity contribution in [2.75, 3.05) is 0 Å². The van der Waals surface area contributed by atoms with Gasteiger partial charge in [0, 0.05) is 27.1 Å². The van der Waals surface area contributed by atoms with Crippen LogP contribution in [0.1, 0.15) is 37.3 Å². The van der Waals surface area contributed by atoms with E-state index >= 15 is 0 Å². The molecule has 1 saturated carbocycles. The minimum absolute atomic E-state index is 0.127. The molecule has 17 heavy (non-hydrogen) atoms. The Morgan fingerprint density at radius 1 is 1.18 bits per heavy atom. The molecule has 88 valence electrons. The normalized spacial score (nSPS) is 16.8. The van der Waals surface area contributed by atoms with Crippen LogP contribution in [0.15, 0.2) is 33.5 Å². The number of fused-ring (bicyclic) bond motifs is 1. The molecule has 2 nitrogen and oxygen atoms in total. The number of rotatable bonds is 1. The largest absolute Gasteiger partial charge is 0.358 e. The summed E-state index contributed by atoms with van der Waals surface area (Å²) >= 11 is 3.40. The summed E-state index contributed by atoms with van der Waals surface area (Å²) in [5, 5.41) is 0.765. The molecule has 1 aromatic heterocycles. The van der Waals surface area contributed by atoms with Crippen LogP contribution in [0.3, 0.4) is 0 Å². The number of pyridine rings is 1. The molecule has 3 rings (SSSR count). The zero-order valence-electron chi connectivity index (χ0n) is 9.50. The molecule has 3 heteroatoms. The van der Waals surface area contributed by atoms with Crippen LogP contribution in [0.25, 0.3) is 10.9 Å². The summed E-state index contributed by atoms with van der Waals surface area (Å²) in [7, 11) is 0. The molecule has 1 fully saturated rings. The van der Waals surface area contributed by atoms with Crippen LogP contribution in [0, 0.1) is 0 Å². The highest BCUT2D eigenvalue weighted by atomic mass is 79.9. The summed E-state index contributed by atoms with van der Waals surface area (Å²) in [6.07, 6.45) is 4.98. The maximum atomic E-state index is 12.1. The van der Waals surface area contributed by atoms with Crippen LogP contribution >= 0.6 is 15.9 Å². The molecule has 0 amide bonds. The molecular formula is C14H14BrNO. The fraction of sp³-hybridized carbons (Fsp3) is 0.357. The zero-order valence-corrected chi connectivity index (χ0v) is 11.1. The third-order valence-corrected chi connectivity index (χ3v) is 4.10.